The van der Waals surface area contributed by atoms with Crippen LogP contribution < -0.4 is 5.32 Å². The van der Waals surface area contributed by atoms with Gasteiger partial charge in [-0.2, -0.15) is 0 Å². The lowest BCUT2D eigenvalue weighted by Crippen LogP contribution is -2.38. The van der Waals surface area contributed by atoms with E-state index in [1.807, 2.05) is 12.1 Å². The van der Waals surface area contributed by atoms with E-state index in [1.54, 1.807) is 0 Å². The smallest absolute Gasteiger partial charge is 0.0479 e. The van der Waals surface area contributed by atoms with Gasteiger partial charge in [0.1, 0.15) is 0 Å². The maximum Gasteiger partial charge on any atom is 0.0479 e. The number of halogens is 2. The predicted octanol–water partition coefficient (Wildman–Crippen LogP) is 5.82. The standard InChI is InChI=1S/C16H23ClIN/c1-10(2)13-6-4-11(3)8-16(13)19-15-7-5-12(17)9-14(15)18/h5,7,9-11,13,16,19H,4,6,8H2,1-3H3. The van der Waals surface area contributed by atoms with Crippen molar-refractivity contribution in [2.75, 3.05) is 5.32 Å². The van der Waals surface area contributed by atoms with Gasteiger partial charge in [-0.3, -0.25) is 0 Å². The summed E-state index contributed by atoms with van der Waals surface area (Å²) in [5.74, 6) is 2.36. The lowest BCUT2D eigenvalue weighted by molar-refractivity contribution is 0.212. The summed E-state index contributed by atoms with van der Waals surface area (Å²) in [5.41, 5.74) is 1.23. The van der Waals surface area contributed by atoms with E-state index >= 15 is 0 Å². The van der Waals surface area contributed by atoms with Gasteiger partial charge in [-0.15, -0.1) is 0 Å². The Morgan fingerprint density at radius 1 is 1.32 bits per heavy atom. The molecule has 3 unspecified atom stereocenters. The molecule has 0 aromatic heterocycles. The van der Waals surface area contributed by atoms with Crippen molar-refractivity contribution in [1.82, 2.24) is 0 Å². The van der Waals surface area contributed by atoms with Crippen LogP contribution in [0.25, 0.3) is 0 Å². The second-order valence-corrected chi connectivity index (χ2v) is 7.80. The molecular formula is C16H23ClIN. The highest BCUT2D eigenvalue weighted by Crippen LogP contribution is 2.36. The molecule has 1 aromatic carbocycles. The number of rotatable bonds is 3. The maximum absolute atomic E-state index is 6.03. The van der Waals surface area contributed by atoms with Crippen molar-refractivity contribution in [2.24, 2.45) is 17.8 Å². The van der Waals surface area contributed by atoms with Crippen molar-refractivity contribution in [2.45, 2.75) is 46.1 Å². The molecule has 1 aliphatic rings. The molecular weight excluding hydrogens is 369 g/mol. The summed E-state index contributed by atoms with van der Waals surface area (Å²) in [4.78, 5) is 0. The molecule has 3 heteroatoms. The molecule has 1 aliphatic carbocycles. The van der Waals surface area contributed by atoms with Gasteiger partial charge in [0.05, 0.1) is 0 Å². The highest BCUT2D eigenvalue weighted by atomic mass is 127. The summed E-state index contributed by atoms with van der Waals surface area (Å²) in [5, 5.41) is 4.58. The van der Waals surface area contributed by atoms with Gasteiger partial charge >= 0.3 is 0 Å². The fraction of sp³-hybridized carbons (Fsp3) is 0.625. The predicted molar refractivity (Wildman–Crippen MR) is 92.9 cm³/mol. The van der Waals surface area contributed by atoms with E-state index in [0.717, 1.165) is 22.8 Å². The molecule has 2 rings (SSSR count). The number of hydrogen-bond acceptors (Lipinski definition) is 1. The van der Waals surface area contributed by atoms with Crippen LogP contribution in [0.1, 0.15) is 40.0 Å². The first kappa shape index (κ1) is 15.4. The van der Waals surface area contributed by atoms with Gasteiger partial charge in [0.15, 0.2) is 0 Å². The second kappa shape index (κ2) is 6.66. The van der Waals surface area contributed by atoms with Crippen LogP contribution in [0.3, 0.4) is 0 Å². The van der Waals surface area contributed by atoms with Crippen LogP contribution in [0, 0.1) is 21.3 Å². The van der Waals surface area contributed by atoms with Crippen molar-refractivity contribution < 1.29 is 0 Å². The van der Waals surface area contributed by atoms with Gasteiger partial charge in [0.2, 0.25) is 0 Å². The first-order valence-electron chi connectivity index (χ1n) is 7.19. The molecule has 0 bridgehead atoms. The molecule has 1 N–H and O–H groups in total. The van der Waals surface area contributed by atoms with Crippen LogP contribution in [0.4, 0.5) is 5.69 Å². The Kier molecular flexibility index (Phi) is 5.41. The van der Waals surface area contributed by atoms with Crippen LogP contribution in [-0.4, -0.2) is 6.04 Å². The van der Waals surface area contributed by atoms with Crippen LogP contribution in [0.5, 0.6) is 0 Å². The van der Waals surface area contributed by atoms with Crippen molar-refractivity contribution in [1.29, 1.82) is 0 Å². The van der Waals surface area contributed by atoms with Crippen LogP contribution >= 0.6 is 34.2 Å². The highest BCUT2D eigenvalue weighted by molar-refractivity contribution is 14.1. The molecule has 19 heavy (non-hydrogen) atoms. The van der Waals surface area contributed by atoms with Gasteiger partial charge < -0.3 is 5.32 Å². The first-order chi connectivity index (χ1) is 8.97. The summed E-state index contributed by atoms with van der Waals surface area (Å²) in [6, 6.07) is 6.71. The number of anilines is 1. The van der Waals surface area contributed by atoms with E-state index in [2.05, 4.69) is 54.7 Å². The molecule has 106 valence electrons. The van der Waals surface area contributed by atoms with E-state index in [1.165, 1.54) is 28.5 Å². The zero-order valence-corrected chi connectivity index (χ0v) is 14.8. The van der Waals surface area contributed by atoms with E-state index in [-0.39, 0.29) is 0 Å². The summed E-state index contributed by atoms with van der Waals surface area (Å²) in [6.45, 7) is 7.07. The minimum atomic E-state index is 0.596. The third kappa shape index (κ3) is 4.01. The minimum Gasteiger partial charge on any atom is -0.381 e. The van der Waals surface area contributed by atoms with Gasteiger partial charge in [-0.25, -0.2) is 0 Å². The average Bonchev–Trinajstić information content (AvgIpc) is 2.32. The maximum atomic E-state index is 6.03. The van der Waals surface area contributed by atoms with E-state index in [0.29, 0.717) is 6.04 Å². The number of benzene rings is 1. The SMILES string of the molecule is CC1CCC(C(C)C)C(Nc2ccc(Cl)cc2I)C1. The van der Waals surface area contributed by atoms with E-state index in [9.17, 15) is 0 Å². The zero-order chi connectivity index (χ0) is 14.0. The average molecular weight is 392 g/mol. The molecule has 0 heterocycles. The van der Waals surface area contributed by atoms with Gasteiger partial charge in [-0.05, 0) is 71.4 Å². The van der Waals surface area contributed by atoms with E-state index in [4.69, 9.17) is 11.6 Å². The molecule has 0 radical (unpaired) electrons. The van der Waals surface area contributed by atoms with Crippen LogP contribution in [-0.2, 0) is 0 Å². The summed E-state index contributed by atoms with van der Waals surface area (Å²) < 4.78 is 1.21. The summed E-state index contributed by atoms with van der Waals surface area (Å²) in [7, 11) is 0. The fourth-order valence-corrected chi connectivity index (χ4v) is 4.20. The van der Waals surface area contributed by atoms with Crippen molar-refractivity contribution in [3.05, 3.63) is 26.8 Å². The topological polar surface area (TPSA) is 12.0 Å². The van der Waals surface area contributed by atoms with Gasteiger partial charge in [0, 0.05) is 20.3 Å². The molecule has 3 atom stereocenters. The second-order valence-electron chi connectivity index (χ2n) is 6.20. The Bertz CT molecular complexity index is 433. The van der Waals surface area contributed by atoms with Crippen molar-refractivity contribution in [3.63, 3.8) is 0 Å². The zero-order valence-electron chi connectivity index (χ0n) is 11.9. The minimum absolute atomic E-state index is 0.596. The van der Waals surface area contributed by atoms with Crippen molar-refractivity contribution in [3.8, 4) is 0 Å². The number of nitrogens with one attached hydrogen (secondary N) is 1. The molecule has 1 aromatic rings. The third-order valence-corrected chi connectivity index (χ3v) is 5.42. The molecule has 0 amide bonds. The Balaban J connectivity index is 2.14. The van der Waals surface area contributed by atoms with Crippen molar-refractivity contribution >= 4 is 39.9 Å². The molecule has 1 fully saturated rings. The highest BCUT2D eigenvalue weighted by Gasteiger charge is 2.30. The Labute approximate surface area is 135 Å². The molecule has 0 spiro atoms. The Hall–Kier alpha value is 0.0400. The monoisotopic (exact) mass is 391 g/mol. The molecule has 1 saturated carbocycles. The molecule has 0 aliphatic heterocycles. The third-order valence-electron chi connectivity index (χ3n) is 4.29. The van der Waals surface area contributed by atoms with Crippen LogP contribution in [0.15, 0.2) is 18.2 Å². The lowest BCUT2D eigenvalue weighted by Gasteiger charge is -2.38. The lowest BCUT2D eigenvalue weighted by atomic mass is 9.74. The largest absolute Gasteiger partial charge is 0.381 e. The Morgan fingerprint density at radius 3 is 2.68 bits per heavy atom. The number of hydrogen-bond donors (Lipinski definition) is 1. The van der Waals surface area contributed by atoms with Gasteiger partial charge in [-0.1, -0.05) is 38.8 Å². The van der Waals surface area contributed by atoms with Crippen LogP contribution in [0.2, 0.25) is 5.02 Å². The van der Waals surface area contributed by atoms with Gasteiger partial charge in [0.25, 0.3) is 0 Å². The quantitative estimate of drug-likeness (QED) is 0.640. The summed E-state index contributed by atoms with van der Waals surface area (Å²) in [6.07, 6.45) is 4.00. The first-order valence-corrected chi connectivity index (χ1v) is 8.64. The molecule has 0 saturated heterocycles. The normalized spacial score (nSPS) is 27.6. The summed E-state index contributed by atoms with van der Waals surface area (Å²) >= 11 is 8.39. The Morgan fingerprint density at radius 2 is 2.05 bits per heavy atom. The fourth-order valence-electron chi connectivity index (χ4n) is 3.17. The van der Waals surface area contributed by atoms with E-state index < -0.39 is 0 Å². The molecule has 1 nitrogen and oxygen atoms in total.